The van der Waals surface area contributed by atoms with Crippen LogP contribution in [-0.2, 0) is 4.74 Å². The summed E-state index contributed by atoms with van der Waals surface area (Å²) in [6, 6.07) is 1.08. The first-order valence-electron chi connectivity index (χ1n) is 5.31. The zero-order valence-corrected chi connectivity index (χ0v) is 13.3. The minimum Gasteiger partial charge on any atom is -0.357 e. The van der Waals surface area contributed by atoms with Gasteiger partial charge in [-0.05, 0) is 35.6 Å². The second-order valence-electron chi connectivity index (χ2n) is 5.01. The largest absolute Gasteiger partial charge is 0.357 e. The van der Waals surface area contributed by atoms with E-state index in [1.54, 1.807) is 0 Å². The molecule has 3 nitrogen and oxygen atoms in total. The van der Waals surface area contributed by atoms with Crippen LogP contribution >= 0.6 is 22.6 Å². The molecular formula is C10H18FIN2OSi. The molecule has 1 heterocycles. The van der Waals surface area contributed by atoms with Crippen molar-refractivity contribution in [2.75, 3.05) is 6.61 Å². The van der Waals surface area contributed by atoms with Crippen molar-refractivity contribution < 1.29 is 9.13 Å². The summed E-state index contributed by atoms with van der Waals surface area (Å²) in [6.45, 7) is 9.36. The van der Waals surface area contributed by atoms with Crippen LogP contribution < -0.4 is 0 Å². The lowest BCUT2D eigenvalue weighted by atomic mass is 10.6. The van der Waals surface area contributed by atoms with E-state index in [9.17, 15) is 4.39 Å². The molecule has 0 fully saturated rings. The predicted molar refractivity (Wildman–Crippen MR) is 73.7 cm³/mol. The Morgan fingerprint density at radius 3 is 2.62 bits per heavy atom. The monoisotopic (exact) mass is 356 g/mol. The van der Waals surface area contributed by atoms with E-state index in [2.05, 4.69) is 24.7 Å². The van der Waals surface area contributed by atoms with Crippen molar-refractivity contribution in [3.8, 4) is 0 Å². The van der Waals surface area contributed by atoms with Crippen molar-refractivity contribution >= 4 is 30.7 Å². The number of hydrogen-bond acceptors (Lipinski definition) is 2. The maximum Gasteiger partial charge on any atom is 0.227 e. The van der Waals surface area contributed by atoms with Gasteiger partial charge in [-0.3, -0.25) is 0 Å². The lowest BCUT2D eigenvalue weighted by molar-refractivity contribution is 0.00735. The Balaban J connectivity index is 2.47. The molecule has 0 aliphatic heterocycles. The van der Waals surface area contributed by atoms with Crippen LogP contribution in [-0.4, -0.2) is 24.5 Å². The minimum absolute atomic E-state index is 0.318. The highest BCUT2D eigenvalue weighted by atomic mass is 127. The SMILES string of the molecule is CC(OCC[Si](C)(C)C)n1ncc(I)c1F. The molecule has 6 heteroatoms. The summed E-state index contributed by atoms with van der Waals surface area (Å²) < 4.78 is 20.9. The molecule has 1 rings (SSSR count). The Morgan fingerprint density at radius 1 is 1.56 bits per heavy atom. The fourth-order valence-electron chi connectivity index (χ4n) is 1.19. The van der Waals surface area contributed by atoms with Crippen molar-refractivity contribution in [1.29, 1.82) is 0 Å². The first kappa shape index (κ1) is 14.1. The van der Waals surface area contributed by atoms with E-state index in [-0.39, 0.29) is 12.2 Å². The Bertz CT molecular complexity index is 351. The Morgan fingerprint density at radius 2 is 2.19 bits per heavy atom. The van der Waals surface area contributed by atoms with Gasteiger partial charge >= 0.3 is 0 Å². The fraction of sp³-hybridized carbons (Fsp3) is 0.700. The molecule has 0 radical (unpaired) electrons. The van der Waals surface area contributed by atoms with E-state index in [1.807, 2.05) is 29.5 Å². The van der Waals surface area contributed by atoms with Crippen molar-refractivity contribution in [3.63, 3.8) is 0 Å². The lowest BCUT2D eigenvalue weighted by Gasteiger charge is -2.18. The minimum atomic E-state index is -1.08. The van der Waals surface area contributed by atoms with Crippen molar-refractivity contribution in [2.24, 2.45) is 0 Å². The molecule has 0 aliphatic carbocycles. The molecule has 1 aromatic heterocycles. The van der Waals surface area contributed by atoms with E-state index in [0.717, 1.165) is 6.04 Å². The van der Waals surface area contributed by atoms with Gasteiger partial charge in [0.05, 0.1) is 9.77 Å². The molecule has 1 atom stereocenters. The second kappa shape index (κ2) is 5.59. The Kier molecular flexibility index (Phi) is 4.93. The van der Waals surface area contributed by atoms with Gasteiger partial charge in [-0.15, -0.1) is 0 Å². The van der Waals surface area contributed by atoms with Crippen LogP contribution in [0.2, 0.25) is 25.7 Å². The van der Waals surface area contributed by atoms with Gasteiger partial charge in [0.15, 0.2) is 0 Å². The van der Waals surface area contributed by atoms with E-state index >= 15 is 0 Å². The quantitative estimate of drug-likeness (QED) is 0.597. The zero-order valence-electron chi connectivity index (χ0n) is 10.1. The van der Waals surface area contributed by atoms with Crippen molar-refractivity contribution in [1.82, 2.24) is 9.78 Å². The maximum atomic E-state index is 13.5. The van der Waals surface area contributed by atoms with Crippen molar-refractivity contribution in [3.05, 3.63) is 15.7 Å². The third-order valence-electron chi connectivity index (χ3n) is 2.25. The summed E-state index contributed by atoms with van der Waals surface area (Å²) >= 11 is 1.92. The van der Waals surface area contributed by atoms with E-state index < -0.39 is 8.07 Å². The van der Waals surface area contributed by atoms with Crippen LogP contribution in [0.1, 0.15) is 13.2 Å². The van der Waals surface area contributed by atoms with Gasteiger partial charge in [0.25, 0.3) is 0 Å². The highest BCUT2D eigenvalue weighted by Crippen LogP contribution is 2.16. The first-order chi connectivity index (χ1) is 7.31. The first-order valence-corrected chi connectivity index (χ1v) is 10.1. The van der Waals surface area contributed by atoms with Crippen LogP contribution in [0.5, 0.6) is 0 Å². The Labute approximate surface area is 111 Å². The number of aromatic nitrogens is 2. The second-order valence-corrected chi connectivity index (χ2v) is 11.8. The molecule has 92 valence electrons. The average molecular weight is 356 g/mol. The lowest BCUT2D eigenvalue weighted by Crippen LogP contribution is -2.23. The van der Waals surface area contributed by atoms with E-state index in [4.69, 9.17) is 4.74 Å². The summed E-state index contributed by atoms with van der Waals surface area (Å²) in [5, 5.41) is 3.95. The zero-order chi connectivity index (χ0) is 12.3. The molecule has 16 heavy (non-hydrogen) atoms. The van der Waals surface area contributed by atoms with Gasteiger partial charge in [0, 0.05) is 14.7 Å². The van der Waals surface area contributed by atoms with E-state index in [1.165, 1.54) is 10.9 Å². The normalized spacial score (nSPS) is 14.1. The van der Waals surface area contributed by atoms with Gasteiger partial charge in [0.2, 0.25) is 5.95 Å². The highest BCUT2D eigenvalue weighted by molar-refractivity contribution is 14.1. The molecule has 0 bridgehead atoms. The number of hydrogen-bond donors (Lipinski definition) is 0. The smallest absolute Gasteiger partial charge is 0.227 e. The van der Waals surface area contributed by atoms with Crippen LogP contribution in [0.4, 0.5) is 4.39 Å². The highest BCUT2D eigenvalue weighted by Gasteiger charge is 2.16. The number of ether oxygens (including phenoxy) is 1. The molecule has 0 amide bonds. The summed E-state index contributed by atoms with van der Waals surface area (Å²) in [5.41, 5.74) is 0. The summed E-state index contributed by atoms with van der Waals surface area (Å²) in [5.74, 6) is -0.318. The van der Waals surface area contributed by atoms with Gasteiger partial charge in [-0.1, -0.05) is 19.6 Å². The summed E-state index contributed by atoms with van der Waals surface area (Å²) in [6.07, 6.45) is 1.17. The molecule has 0 aliphatic rings. The third-order valence-corrected chi connectivity index (χ3v) is 4.68. The van der Waals surface area contributed by atoms with Gasteiger partial charge in [0.1, 0.15) is 6.23 Å². The van der Waals surface area contributed by atoms with E-state index in [0.29, 0.717) is 10.2 Å². The molecule has 0 saturated heterocycles. The molecular weight excluding hydrogens is 338 g/mol. The number of rotatable bonds is 5. The van der Waals surface area contributed by atoms with Gasteiger partial charge in [-0.2, -0.15) is 9.49 Å². The standard InChI is InChI=1S/C10H18FIN2OSi/c1-8(15-5-6-16(2,3)4)14-10(11)9(12)7-13-14/h7-8H,5-6H2,1-4H3. The maximum absolute atomic E-state index is 13.5. The Hall–Kier alpha value is 0.0469. The molecule has 0 saturated carbocycles. The molecule has 0 N–H and O–H groups in total. The molecule has 1 unspecified atom stereocenters. The van der Waals surface area contributed by atoms with Gasteiger partial charge in [-0.25, -0.2) is 4.68 Å². The predicted octanol–water partition coefficient (Wildman–Crippen LogP) is 3.50. The third kappa shape index (κ3) is 4.14. The topological polar surface area (TPSA) is 27.1 Å². The summed E-state index contributed by atoms with van der Waals surface area (Å²) in [4.78, 5) is 0. The van der Waals surface area contributed by atoms with Crippen LogP contribution in [0.3, 0.4) is 0 Å². The summed E-state index contributed by atoms with van der Waals surface area (Å²) in [7, 11) is -1.08. The molecule has 1 aromatic rings. The number of halogens is 2. The fourth-order valence-corrected chi connectivity index (χ4v) is 2.29. The van der Waals surface area contributed by atoms with Crippen molar-refractivity contribution in [2.45, 2.75) is 38.8 Å². The van der Waals surface area contributed by atoms with Crippen LogP contribution in [0.15, 0.2) is 6.20 Å². The molecule has 0 spiro atoms. The van der Waals surface area contributed by atoms with Crippen LogP contribution in [0, 0.1) is 9.52 Å². The molecule has 0 aromatic carbocycles. The van der Waals surface area contributed by atoms with Gasteiger partial charge < -0.3 is 4.74 Å². The average Bonchev–Trinajstić information content (AvgIpc) is 2.45. The number of nitrogens with zero attached hydrogens (tertiary/aromatic N) is 2. The van der Waals surface area contributed by atoms with Crippen LogP contribution in [0.25, 0.3) is 0 Å².